The van der Waals surface area contributed by atoms with Gasteiger partial charge in [0, 0.05) is 6.42 Å². The number of allylic oxidation sites excluding steroid dienone is 3. The van der Waals surface area contributed by atoms with Gasteiger partial charge < -0.3 is 0 Å². The number of hydrogen-bond donors (Lipinski definition) is 0. The van der Waals surface area contributed by atoms with Gasteiger partial charge in [-0.15, -0.1) is 0 Å². The van der Waals surface area contributed by atoms with Gasteiger partial charge in [-0.05, 0) is 18.6 Å². The van der Waals surface area contributed by atoms with Crippen LogP contribution >= 0.6 is 0 Å². The maximum Gasteiger partial charge on any atom is 0.0161 e. The lowest BCUT2D eigenvalue weighted by Gasteiger charge is -1.79. The molecule has 1 aliphatic carbocycles. The Morgan fingerprint density at radius 3 is 2.83 bits per heavy atom. The van der Waals surface area contributed by atoms with E-state index >= 15 is 0 Å². The quantitative estimate of drug-likeness (QED) is 0.409. The third-order valence-corrected chi connectivity index (χ3v) is 0.694. The highest BCUT2D eigenvalue weighted by atomic mass is 14.0. The third kappa shape index (κ3) is 0.510. The van der Waals surface area contributed by atoms with Crippen molar-refractivity contribution in [2.24, 2.45) is 0 Å². The summed E-state index contributed by atoms with van der Waals surface area (Å²) in [5, 5.41) is 0. The van der Waals surface area contributed by atoms with Crippen LogP contribution in [0.1, 0.15) is 6.42 Å². The van der Waals surface area contributed by atoms with Crippen molar-refractivity contribution >= 4 is 0 Å². The minimum atomic E-state index is 0.875. The highest BCUT2D eigenvalue weighted by molar-refractivity contribution is 5.20. The van der Waals surface area contributed by atoms with Crippen LogP contribution in [0.3, 0.4) is 0 Å². The van der Waals surface area contributed by atoms with E-state index in [-0.39, 0.29) is 0 Å². The fourth-order valence-corrected chi connectivity index (χ4v) is 0.369. The molecule has 0 heterocycles. The smallest absolute Gasteiger partial charge is 0.0161 e. The van der Waals surface area contributed by atoms with Gasteiger partial charge in [0.05, 0.1) is 0 Å². The van der Waals surface area contributed by atoms with E-state index in [1.54, 1.807) is 0 Å². The SMILES string of the molecule is C=C1[CH][C]=[C]C1. The second kappa shape index (κ2) is 1.29. The molecule has 0 heteroatoms. The van der Waals surface area contributed by atoms with Crippen LogP contribution in [0.2, 0.25) is 0 Å². The summed E-state index contributed by atoms with van der Waals surface area (Å²) < 4.78 is 0. The van der Waals surface area contributed by atoms with Crippen molar-refractivity contribution in [2.75, 3.05) is 0 Å². The van der Waals surface area contributed by atoms with Crippen molar-refractivity contribution in [1.82, 2.24) is 0 Å². The zero-order valence-corrected chi connectivity index (χ0v) is 3.49. The molecule has 0 aromatic rings. The summed E-state index contributed by atoms with van der Waals surface area (Å²) in [6.07, 6.45) is 8.39. The number of rotatable bonds is 0. The van der Waals surface area contributed by atoms with Crippen molar-refractivity contribution in [2.45, 2.75) is 6.42 Å². The first kappa shape index (κ1) is 3.66. The van der Waals surface area contributed by atoms with Crippen molar-refractivity contribution in [3.63, 3.8) is 0 Å². The van der Waals surface area contributed by atoms with Crippen molar-refractivity contribution < 1.29 is 0 Å². The normalized spacial score (nSPS) is 19.7. The third-order valence-electron chi connectivity index (χ3n) is 0.694. The molecule has 1 aliphatic rings. The van der Waals surface area contributed by atoms with Crippen LogP contribution in [0.25, 0.3) is 0 Å². The lowest BCUT2D eigenvalue weighted by Crippen LogP contribution is -1.63. The molecule has 0 saturated heterocycles. The molecule has 6 heavy (non-hydrogen) atoms. The first-order valence-corrected chi connectivity index (χ1v) is 1.89. The molecule has 0 saturated carbocycles. The van der Waals surface area contributed by atoms with E-state index in [0.717, 1.165) is 12.0 Å². The Morgan fingerprint density at radius 1 is 1.83 bits per heavy atom. The molecule has 0 aromatic heterocycles. The summed E-state index contributed by atoms with van der Waals surface area (Å²) in [5.41, 5.74) is 1.11. The molecule has 0 fully saturated rings. The van der Waals surface area contributed by atoms with Crippen LogP contribution in [0.5, 0.6) is 0 Å². The average Bonchev–Trinajstić information content (AvgIpc) is 1.86. The first-order valence-electron chi connectivity index (χ1n) is 1.89. The van der Waals surface area contributed by atoms with Gasteiger partial charge in [0.15, 0.2) is 0 Å². The van der Waals surface area contributed by atoms with E-state index in [1.807, 2.05) is 6.42 Å². The molecule has 29 valence electrons. The van der Waals surface area contributed by atoms with E-state index in [1.165, 1.54) is 0 Å². The summed E-state index contributed by atoms with van der Waals surface area (Å²) in [5.74, 6) is 0. The Kier molecular flexibility index (Phi) is 0.789. The van der Waals surface area contributed by atoms with Gasteiger partial charge in [-0.1, -0.05) is 12.2 Å². The van der Waals surface area contributed by atoms with Gasteiger partial charge in [-0.3, -0.25) is 0 Å². The van der Waals surface area contributed by atoms with E-state index in [4.69, 9.17) is 0 Å². The maximum absolute atomic E-state index is 3.67. The molecule has 0 nitrogen and oxygen atoms in total. The van der Waals surface area contributed by atoms with Gasteiger partial charge in [-0.25, -0.2) is 0 Å². The maximum atomic E-state index is 3.67. The zero-order chi connectivity index (χ0) is 4.41. The molecule has 0 aromatic carbocycles. The molecular formula is C6H5. The second-order valence-electron chi connectivity index (χ2n) is 1.30. The largest absolute Gasteiger partial charge is 0.0989 e. The molecule has 0 atom stereocenters. The van der Waals surface area contributed by atoms with E-state index < -0.39 is 0 Å². The van der Waals surface area contributed by atoms with Crippen LogP contribution in [0.4, 0.5) is 0 Å². The molecular weight excluding hydrogens is 72.1 g/mol. The summed E-state index contributed by atoms with van der Waals surface area (Å²) in [6, 6.07) is 0. The topological polar surface area (TPSA) is 0 Å². The zero-order valence-electron chi connectivity index (χ0n) is 3.49. The molecule has 1 rings (SSSR count). The molecule has 0 aliphatic heterocycles. The summed E-state index contributed by atoms with van der Waals surface area (Å²) in [4.78, 5) is 0. The van der Waals surface area contributed by atoms with Gasteiger partial charge in [0.1, 0.15) is 0 Å². The Morgan fingerprint density at radius 2 is 2.67 bits per heavy atom. The predicted octanol–water partition coefficient (Wildman–Crippen LogP) is 1.31. The number of hydrogen-bond acceptors (Lipinski definition) is 0. The lowest BCUT2D eigenvalue weighted by molar-refractivity contribution is 1.31. The summed E-state index contributed by atoms with van der Waals surface area (Å²) in [6.45, 7) is 3.67. The minimum absolute atomic E-state index is 0.875. The molecule has 0 bridgehead atoms. The van der Waals surface area contributed by atoms with E-state index in [0.29, 0.717) is 0 Å². The van der Waals surface area contributed by atoms with Crippen molar-refractivity contribution in [3.8, 4) is 0 Å². The minimum Gasteiger partial charge on any atom is -0.0989 e. The van der Waals surface area contributed by atoms with Gasteiger partial charge in [0.25, 0.3) is 0 Å². The predicted molar refractivity (Wildman–Crippen MR) is 24.5 cm³/mol. The van der Waals surface area contributed by atoms with Crippen LogP contribution in [-0.4, -0.2) is 0 Å². The average molecular weight is 77.1 g/mol. The molecule has 0 unspecified atom stereocenters. The van der Waals surface area contributed by atoms with Crippen LogP contribution in [-0.2, 0) is 0 Å². The van der Waals surface area contributed by atoms with Crippen molar-refractivity contribution in [1.29, 1.82) is 0 Å². The van der Waals surface area contributed by atoms with Gasteiger partial charge in [-0.2, -0.15) is 0 Å². The summed E-state index contributed by atoms with van der Waals surface area (Å²) >= 11 is 0. The molecule has 0 spiro atoms. The monoisotopic (exact) mass is 77.0 g/mol. The summed E-state index contributed by atoms with van der Waals surface area (Å²) in [7, 11) is 0. The Hall–Kier alpha value is -0.520. The van der Waals surface area contributed by atoms with Gasteiger partial charge in [0.2, 0.25) is 0 Å². The first-order chi connectivity index (χ1) is 2.89. The van der Waals surface area contributed by atoms with Crippen LogP contribution in [0.15, 0.2) is 12.2 Å². The highest BCUT2D eigenvalue weighted by Gasteiger charge is 1.94. The Bertz CT molecular complexity index is 78.2. The van der Waals surface area contributed by atoms with Crippen LogP contribution < -0.4 is 0 Å². The molecule has 0 N–H and O–H groups in total. The Balaban J connectivity index is 2.52. The Labute approximate surface area is 38.2 Å². The van der Waals surface area contributed by atoms with Crippen molar-refractivity contribution in [3.05, 3.63) is 30.7 Å². The lowest BCUT2D eigenvalue weighted by atomic mass is 10.3. The van der Waals surface area contributed by atoms with E-state index in [9.17, 15) is 0 Å². The van der Waals surface area contributed by atoms with Crippen LogP contribution in [0, 0.1) is 18.6 Å². The molecule has 3 radical (unpaired) electrons. The standard InChI is InChI=1S/C6H5/c1-6-4-2-3-5-6/h4H,1,5H2. The van der Waals surface area contributed by atoms with E-state index in [2.05, 4.69) is 18.7 Å². The van der Waals surface area contributed by atoms with Gasteiger partial charge >= 0.3 is 0 Å². The highest BCUT2D eigenvalue weighted by Crippen LogP contribution is 2.09. The fourth-order valence-electron chi connectivity index (χ4n) is 0.369. The fraction of sp³-hybridized carbons (Fsp3) is 0.167. The second-order valence-corrected chi connectivity index (χ2v) is 1.30. The molecule has 0 amide bonds.